The number of methoxy groups -OCH3 is 2. The first-order valence-corrected chi connectivity index (χ1v) is 25.1. The Bertz CT molecular complexity index is 3190. The minimum Gasteiger partial charge on any atom is -0.497 e. The van der Waals surface area contributed by atoms with Gasteiger partial charge in [-0.3, -0.25) is 14.3 Å². The van der Waals surface area contributed by atoms with Gasteiger partial charge in [-0.1, -0.05) is 103 Å². The Kier molecular flexibility index (Phi) is 15.0. The molecule has 0 bridgehead atoms. The van der Waals surface area contributed by atoms with Gasteiger partial charge in [0.15, 0.2) is 6.23 Å². The molecule has 366 valence electrons. The van der Waals surface area contributed by atoms with E-state index in [9.17, 15) is 14.9 Å². The second-order valence-electron chi connectivity index (χ2n) is 18.3. The molecule has 8 aromatic rings. The average Bonchev–Trinajstić information content (AvgIpc) is 3.71. The third-order valence-corrected chi connectivity index (χ3v) is 15.5. The molecule has 14 heteroatoms. The molecule has 1 aliphatic heterocycles. The van der Waals surface area contributed by atoms with Crippen LogP contribution in [0.15, 0.2) is 149 Å². The van der Waals surface area contributed by atoms with Crippen LogP contribution in [0.1, 0.15) is 68.2 Å². The summed E-state index contributed by atoms with van der Waals surface area (Å²) in [6.07, 6.45) is -2.40. The predicted molar refractivity (Wildman–Crippen MR) is 277 cm³/mol. The van der Waals surface area contributed by atoms with E-state index in [2.05, 4.69) is 98.9 Å². The second-order valence-corrected chi connectivity index (χ2v) is 19.7. The maximum atomic E-state index is 13.9. The first-order chi connectivity index (χ1) is 34.4. The lowest BCUT2D eigenvalue weighted by atomic mass is 9.80. The summed E-state index contributed by atoms with van der Waals surface area (Å²) in [6.45, 7) is 10.6. The third-order valence-electron chi connectivity index (χ3n) is 13.3. The van der Waals surface area contributed by atoms with Crippen LogP contribution in [0, 0.1) is 18.3 Å². The fraction of sp³-hybridized carbons (Fsp3) is 0.316. The Morgan fingerprint density at radius 2 is 1.34 bits per heavy atom. The molecule has 0 aliphatic carbocycles. The standard InChI is InChI=1S/C57H59N4O9P/c1-36(2)61(37(3)4)71(68-33-11-31-58)70-53-49(35-67-57(42-12-9-8-10-13-42,43-20-24-45(64-6)25-21-43)44-22-26-46(65-7)27-23-44)69-55(60-32-30-50(62)59-56(60)63)54(53)66-34-41-19-18-40-17-16-39-15-14-38(5)47-28-29-48(41)52(40)51(39)47/h8-10,12-30,32,36-37,49,53-55H,11,33-35H2,1-7H3,(H,59,62,63)/t49-,53-,54-,55-,71?/m1/s1. The smallest absolute Gasteiger partial charge is 0.330 e. The molecule has 0 amide bonds. The highest BCUT2D eigenvalue weighted by molar-refractivity contribution is 7.44. The molecule has 0 radical (unpaired) electrons. The fourth-order valence-corrected chi connectivity index (χ4v) is 11.8. The van der Waals surface area contributed by atoms with Crippen molar-refractivity contribution < 1.29 is 32.7 Å². The van der Waals surface area contributed by atoms with Crippen molar-refractivity contribution >= 4 is 40.8 Å². The van der Waals surface area contributed by atoms with Crippen molar-refractivity contribution in [2.24, 2.45) is 0 Å². The van der Waals surface area contributed by atoms with Gasteiger partial charge in [0, 0.05) is 24.3 Å². The number of hydrogen-bond acceptors (Lipinski definition) is 11. The van der Waals surface area contributed by atoms with Gasteiger partial charge in [-0.05, 0) is 119 Å². The SMILES string of the molecule is COc1ccc(C(OC[C@H]2O[C@@H](n3ccc(=O)[nH]c3=O)[C@H](OCc3ccc4ccc5ccc(C)c6ccc3c4c56)[C@@H]2OP(OCCC#N)N(C(C)C)C(C)C)(c2ccccc2)c2ccc(OC)cc2)cc1. The molecule has 1 N–H and O–H groups in total. The minimum absolute atomic E-state index is 0.0334. The quantitative estimate of drug-likeness (QED) is 0.0337. The highest BCUT2D eigenvalue weighted by Gasteiger charge is 2.51. The largest absolute Gasteiger partial charge is 0.497 e. The Balaban J connectivity index is 1.19. The van der Waals surface area contributed by atoms with Gasteiger partial charge in [0.1, 0.15) is 35.4 Å². The molecule has 0 spiro atoms. The zero-order valence-corrected chi connectivity index (χ0v) is 41.9. The molecule has 1 unspecified atom stereocenters. The van der Waals surface area contributed by atoms with Gasteiger partial charge in [-0.15, -0.1) is 0 Å². The molecule has 9 rings (SSSR count). The van der Waals surface area contributed by atoms with Gasteiger partial charge in [-0.25, -0.2) is 9.46 Å². The number of H-pyrrole nitrogens is 1. The highest BCUT2D eigenvalue weighted by atomic mass is 31.2. The molecular formula is C57H59N4O9P. The van der Waals surface area contributed by atoms with Crippen molar-refractivity contribution in [1.82, 2.24) is 14.2 Å². The summed E-state index contributed by atoms with van der Waals surface area (Å²) in [5.74, 6) is 1.35. The number of aromatic nitrogens is 2. The van der Waals surface area contributed by atoms with E-state index >= 15 is 0 Å². The van der Waals surface area contributed by atoms with Crippen LogP contribution < -0.4 is 20.7 Å². The summed E-state index contributed by atoms with van der Waals surface area (Å²) in [5.41, 5.74) is 2.11. The average molecular weight is 975 g/mol. The van der Waals surface area contributed by atoms with E-state index in [1.807, 2.05) is 78.9 Å². The summed E-state index contributed by atoms with van der Waals surface area (Å²) < 4.78 is 50.3. The van der Waals surface area contributed by atoms with Gasteiger partial charge in [0.05, 0.1) is 46.5 Å². The molecule has 71 heavy (non-hydrogen) atoms. The van der Waals surface area contributed by atoms with Gasteiger partial charge in [0.25, 0.3) is 14.1 Å². The third kappa shape index (κ3) is 9.82. The normalized spacial score (nSPS) is 17.8. The summed E-state index contributed by atoms with van der Waals surface area (Å²) in [5, 5.41) is 16.5. The molecule has 13 nitrogen and oxygen atoms in total. The van der Waals surface area contributed by atoms with Crippen molar-refractivity contribution in [3.05, 3.63) is 188 Å². The van der Waals surface area contributed by atoms with Crippen molar-refractivity contribution in [3.8, 4) is 17.6 Å². The molecule has 1 aromatic heterocycles. The zero-order chi connectivity index (χ0) is 49.8. The summed E-state index contributed by atoms with van der Waals surface area (Å²) in [6, 6.07) is 46.1. The molecule has 7 aromatic carbocycles. The topological polar surface area (TPSA) is 147 Å². The van der Waals surface area contributed by atoms with Crippen molar-refractivity contribution in [2.75, 3.05) is 27.4 Å². The summed E-state index contributed by atoms with van der Waals surface area (Å²) in [4.78, 5) is 29.0. The van der Waals surface area contributed by atoms with Crippen LogP contribution in [0.2, 0.25) is 0 Å². The van der Waals surface area contributed by atoms with Crippen molar-refractivity contribution in [2.45, 2.75) is 89.9 Å². The number of aromatic amines is 1. The van der Waals surface area contributed by atoms with E-state index < -0.39 is 49.9 Å². The Morgan fingerprint density at radius 3 is 1.94 bits per heavy atom. The van der Waals surface area contributed by atoms with Crippen molar-refractivity contribution in [1.29, 1.82) is 5.26 Å². The van der Waals surface area contributed by atoms with E-state index in [0.717, 1.165) is 43.8 Å². The highest BCUT2D eigenvalue weighted by Crippen LogP contribution is 2.52. The molecular weight excluding hydrogens is 916 g/mol. The number of nitriles is 1. The minimum atomic E-state index is -1.89. The van der Waals surface area contributed by atoms with E-state index in [4.69, 9.17) is 32.7 Å². The van der Waals surface area contributed by atoms with E-state index in [1.165, 1.54) is 33.2 Å². The molecule has 5 atom stereocenters. The Morgan fingerprint density at radius 1 is 0.746 bits per heavy atom. The van der Waals surface area contributed by atoms with Gasteiger partial charge < -0.3 is 32.7 Å². The second kappa shape index (κ2) is 21.5. The van der Waals surface area contributed by atoms with Crippen LogP contribution in [-0.2, 0) is 35.5 Å². The van der Waals surface area contributed by atoms with Gasteiger partial charge in [0.2, 0.25) is 0 Å². The monoisotopic (exact) mass is 974 g/mol. The van der Waals surface area contributed by atoms with Crippen LogP contribution in [-0.4, -0.2) is 72.1 Å². The van der Waals surface area contributed by atoms with Crippen LogP contribution in [0.4, 0.5) is 0 Å². The first kappa shape index (κ1) is 49.5. The van der Waals surface area contributed by atoms with E-state index in [0.29, 0.717) is 11.5 Å². The zero-order valence-electron chi connectivity index (χ0n) is 41.0. The molecule has 2 heterocycles. The lowest BCUT2D eigenvalue weighted by Gasteiger charge is -2.39. The number of hydrogen-bond donors (Lipinski definition) is 1. The Labute approximate surface area is 414 Å². The number of rotatable bonds is 20. The number of nitrogens with one attached hydrogen (secondary N) is 1. The maximum absolute atomic E-state index is 13.9. The van der Waals surface area contributed by atoms with Crippen molar-refractivity contribution in [3.63, 3.8) is 0 Å². The number of nitrogens with zero attached hydrogens (tertiary/aromatic N) is 3. The lowest BCUT2D eigenvalue weighted by molar-refractivity contribution is -0.0987. The van der Waals surface area contributed by atoms with Gasteiger partial charge in [-0.2, -0.15) is 5.26 Å². The van der Waals surface area contributed by atoms with Crippen LogP contribution >= 0.6 is 8.53 Å². The summed E-state index contributed by atoms with van der Waals surface area (Å²) in [7, 11) is 1.36. The maximum Gasteiger partial charge on any atom is 0.330 e. The van der Waals surface area contributed by atoms with Crippen LogP contribution in [0.3, 0.4) is 0 Å². The van der Waals surface area contributed by atoms with E-state index in [-0.39, 0.29) is 38.3 Å². The van der Waals surface area contributed by atoms with Crippen LogP contribution in [0.5, 0.6) is 11.5 Å². The van der Waals surface area contributed by atoms with Gasteiger partial charge >= 0.3 is 5.69 Å². The summed E-state index contributed by atoms with van der Waals surface area (Å²) >= 11 is 0. The fourth-order valence-electron chi connectivity index (χ4n) is 10.00. The number of ether oxygens (including phenoxy) is 5. The van der Waals surface area contributed by atoms with Crippen LogP contribution in [0.25, 0.3) is 32.3 Å². The predicted octanol–water partition coefficient (Wildman–Crippen LogP) is 10.9. The molecule has 1 saturated heterocycles. The first-order valence-electron chi connectivity index (χ1n) is 23.9. The number of benzene rings is 7. The molecule has 1 aliphatic rings. The lowest BCUT2D eigenvalue weighted by Crippen LogP contribution is -2.43. The molecule has 0 saturated carbocycles. The Hall–Kier alpha value is -6.46. The molecule has 1 fully saturated rings. The number of aryl methyl sites for hydroxylation is 1. The van der Waals surface area contributed by atoms with E-state index in [1.54, 1.807) is 14.2 Å².